The number of anilines is 1. The molecule has 2 unspecified atom stereocenters. The highest BCUT2D eigenvalue weighted by molar-refractivity contribution is 5.76. The molecule has 0 N–H and O–H groups in total. The third-order valence-electron chi connectivity index (χ3n) is 4.37. The highest BCUT2D eigenvalue weighted by Gasteiger charge is 2.24. The molecule has 20 heavy (non-hydrogen) atoms. The number of carbonyl (C=O) groups excluding carboxylic acids is 2. The van der Waals surface area contributed by atoms with E-state index >= 15 is 0 Å². The lowest BCUT2D eigenvalue weighted by molar-refractivity contribution is -0.118. The molecule has 1 aromatic rings. The molecule has 0 spiro atoms. The zero-order valence-corrected chi connectivity index (χ0v) is 12.3. The van der Waals surface area contributed by atoms with Gasteiger partial charge in [-0.2, -0.15) is 0 Å². The quantitative estimate of drug-likeness (QED) is 0.790. The van der Waals surface area contributed by atoms with Gasteiger partial charge in [-0.25, -0.2) is 0 Å². The molecule has 0 amide bonds. The molecule has 0 aromatic heterocycles. The van der Waals surface area contributed by atoms with Crippen LogP contribution in [0.2, 0.25) is 0 Å². The van der Waals surface area contributed by atoms with Crippen LogP contribution in [0.1, 0.15) is 43.5 Å². The van der Waals surface area contributed by atoms with Gasteiger partial charge in [0.2, 0.25) is 0 Å². The Labute approximate surface area is 121 Å². The van der Waals surface area contributed by atoms with Crippen molar-refractivity contribution in [3.05, 3.63) is 29.8 Å². The molecule has 0 bridgehead atoms. The molecule has 108 valence electrons. The van der Waals surface area contributed by atoms with E-state index in [-0.39, 0.29) is 0 Å². The molecule has 1 saturated heterocycles. The van der Waals surface area contributed by atoms with Crippen molar-refractivity contribution >= 4 is 17.8 Å². The van der Waals surface area contributed by atoms with Crippen LogP contribution in [0.4, 0.5) is 5.69 Å². The van der Waals surface area contributed by atoms with E-state index in [9.17, 15) is 9.59 Å². The van der Waals surface area contributed by atoms with Crippen molar-refractivity contribution in [3.8, 4) is 0 Å². The van der Waals surface area contributed by atoms with E-state index < -0.39 is 0 Å². The summed E-state index contributed by atoms with van der Waals surface area (Å²) in [6, 6.07) is 7.76. The van der Waals surface area contributed by atoms with E-state index in [4.69, 9.17) is 0 Å². The molecule has 0 radical (unpaired) electrons. The minimum absolute atomic E-state index is 0.297. The van der Waals surface area contributed by atoms with Gasteiger partial charge in [0.1, 0.15) is 12.1 Å². The molecule has 3 nitrogen and oxygen atoms in total. The van der Waals surface area contributed by atoms with Gasteiger partial charge in [-0.15, -0.1) is 0 Å². The Morgan fingerprint density at radius 1 is 1.25 bits per heavy atom. The summed E-state index contributed by atoms with van der Waals surface area (Å²) in [6.07, 6.45) is 3.76. The molecule has 1 aliphatic heterocycles. The van der Waals surface area contributed by atoms with Gasteiger partial charge in [-0.3, -0.25) is 4.79 Å². The molecule has 0 aliphatic carbocycles. The molecule has 1 aromatic carbocycles. The lowest BCUT2D eigenvalue weighted by atomic mass is 9.86. The molecule has 2 rings (SSSR count). The standard InChI is InChI=1S/C17H23NO2/c1-13-7-9-18(10-8-16(13)11-14(2)20)17-5-3-15(12-19)4-6-17/h3-6,12-13,16H,7-11H2,1-2H3. The van der Waals surface area contributed by atoms with Gasteiger partial charge in [-0.1, -0.05) is 6.92 Å². The van der Waals surface area contributed by atoms with E-state index in [0.29, 0.717) is 29.6 Å². The van der Waals surface area contributed by atoms with Crippen LogP contribution in [0.3, 0.4) is 0 Å². The monoisotopic (exact) mass is 273 g/mol. The van der Waals surface area contributed by atoms with Gasteiger partial charge in [-0.05, 0) is 55.9 Å². The van der Waals surface area contributed by atoms with Crippen molar-refractivity contribution in [2.45, 2.75) is 33.1 Å². The minimum atomic E-state index is 0.297. The number of carbonyl (C=O) groups is 2. The van der Waals surface area contributed by atoms with Crippen LogP contribution < -0.4 is 4.90 Å². The number of benzene rings is 1. The second-order valence-corrected chi connectivity index (χ2v) is 5.92. The number of rotatable bonds is 4. The third kappa shape index (κ3) is 3.69. The summed E-state index contributed by atoms with van der Waals surface area (Å²) < 4.78 is 0. The van der Waals surface area contributed by atoms with Crippen LogP contribution in [0.25, 0.3) is 0 Å². The maximum Gasteiger partial charge on any atom is 0.150 e. The van der Waals surface area contributed by atoms with Gasteiger partial charge in [0.15, 0.2) is 0 Å². The lowest BCUT2D eigenvalue weighted by Crippen LogP contribution is -2.24. The number of ketones is 1. The van der Waals surface area contributed by atoms with E-state index in [2.05, 4.69) is 11.8 Å². The summed E-state index contributed by atoms with van der Waals surface area (Å²) in [5, 5.41) is 0. The first-order valence-corrected chi connectivity index (χ1v) is 7.39. The zero-order chi connectivity index (χ0) is 14.5. The van der Waals surface area contributed by atoms with Gasteiger partial charge >= 0.3 is 0 Å². The van der Waals surface area contributed by atoms with Crippen LogP contribution in [0, 0.1) is 11.8 Å². The van der Waals surface area contributed by atoms with Crippen LogP contribution in [0.5, 0.6) is 0 Å². The number of hydrogen-bond acceptors (Lipinski definition) is 3. The van der Waals surface area contributed by atoms with E-state index in [1.165, 1.54) is 5.69 Å². The first-order chi connectivity index (χ1) is 9.60. The fraction of sp³-hybridized carbons (Fsp3) is 0.529. The van der Waals surface area contributed by atoms with Crippen LogP contribution in [0.15, 0.2) is 24.3 Å². The minimum Gasteiger partial charge on any atom is -0.372 e. The normalized spacial score (nSPS) is 23.2. The molecule has 2 atom stereocenters. The Bertz CT molecular complexity index is 466. The lowest BCUT2D eigenvalue weighted by Gasteiger charge is -2.23. The SMILES string of the molecule is CC(=O)CC1CCN(c2ccc(C=O)cc2)CCC1C. The summed E-state index contributed by atoms with van der Waals surface area (Å²) >= 11 is 0. The Kier molecular flexibility index (Phi) is 4.94. The van der Waals surface area contributed by atoms with Crippen molar-refractivity contribution in [2.24, 2.45) is 11.8 Å². The van der Waals surface area contributed by atoms with E-state index in [1.807, 2.05) is 24.3 Å². The van der Waals surface area contributed by atoms with Crippen molar-refractivity contribution in [1.82, 2.24) is 0 Å². The number of nitrogens with zero attached hydrogens (tertiary/aromatic N) is 1. The number of Topliss-reactive ketones (excluding diaryl/α,β-unsaturated/α-hetero) is 1. The highest BCUT2D eigenvalue weighted by atomic mass is 16.1. The number of hydrogen-bond donors (Lipinski definition) is 0. The van der Waals surface area contributed by atoms with Crippen molar-refractivity contribution in [3.63, 3.8) is 0 Å². The fourth-order valence-corrected chi connectivity index (χ4v) is 3.01. The first kappa shape index (κ1) is 14.8. The fourth-order valence-electron chi connectivity index (χ4n) is 3.01. The Hall–Kier alpha value is -1.64. The first-order valence-electron chi connectivity index (χ1n) is 7.39. The summed E-state index contributed by atoms with van der Waals surface area (Å²) in [6.45, 7) is 5.96. The average Bonchev–Trinajstić information content (AvgIpc) is 2.62. The summed E-state index contributed by atoms with van der Waals surface area (Å²) in [7, 11) is 0. The van der Waals surface area contributed by atoms with Crippen molar-refractivity contribution in [2.75, 3.05) is 18.0 Å². The van der Waals surface area contributed by atoms with Crippen LogP contribution >= 0.6 is 0 Å². The number of aldehydes is 1. The zero-order valence-electron chi connectivity index (χ0n) is 12.3. The summed E-state index contributed by atoms with van der Waals surface area (Å²) in [5.74, 6) is 1.40. The predicted octanol–water partition coefficient (Wildman–Crippen LogP) is 3.33. The van der Waals surface area contributed by atoms with E-state index in [0.717, 1.165) is 32.2 Å². The maximum absolute atomic E-state index is 11.3. The Morgan fingerprint density at radius 2 is 1.90 bits per heavy atom. The van der Waals surface area contributed by atoms with Gasteiger partial charge in [0, 0.05) is 30.8 Å². The average molecular weight is 273 g/mol. The van der Waals surface area contributed by atoms with Crippen LogP contribution in [-0.2, 0) is 4.79 Å². The summed E-state index contributed by atoms with van der Waals surface area (Å²) in [4.78, 5) is 24.4. The molecule has 0 saturated carbocycles. The molecule has 1 aliphatic rings. The molecule has 3 heteroatoms. The van der Waals surface area contributed by atoms with Gasteiger partial charge < -0.3 is 9.69 Å². The largest absolute Gasteiger partial charge is 0.372 e. The molecular formula is C17H23NO2. The Balaban J connectivity index is 2.04. The molecule has 1 fully saturated rings. The maximum atomic E-state index is 11.3. The molecule has 1 heterocycles. The van der Waals surface area contributed by atoms with Gasteiger partial charge in [0.05, 0.1) is 0 Å². The topological polar surface area (TPSA) is 37.4 Å². The van der Waals surface area contributed by atoms with E-state index in [1.54, 1.807) is 6.92 Å². The molecular weight excluding hydrogens is 250 g/mol. The van der Waals surface area contributed by atoms with Crippen LogP contribution in [-0.4, -0.2) is 25.2 Å². The second-order valence-electron chi connectivity index (χ2n) is 5.92. The second kappa shape index (κ2) is 6.69. The third-order valence-corrected chi connectivity index (χ3v) is 4.37. The highest BCUT2D eigenvalue weighted by Crippen LogP contribution is 2.29. The van der Waals surface area contributed by atoms with Crippen molar-refractivity contribution < 1.29 is 9.59 Å². The van der Waals surface area contributed by atoms with Crippen molar-refractivity contribution in [1.29, 1.82) is 0 Å². The predicted molar refractivity (Wildman–Crippen MR) is 81.2 cm³/mol. The summed E-state index contributed by atoms with van der Waals surface area (Å²) in [5.41, 5.74) is 1.89. The van der Waals surface area contributed by atoms with Gasteiger partial charge in [0.25, 0.3) is 0 Å². The smallest absolute Gasteiger partial charge is 0.150 e. The Morgan fingerprint density at radius 3 is 2.50 bits per heavy atom.